The van der Waals surface area contributed by atoms with Crippen LogP contribution in [0.3, 0.4) is 0 Å². The Hall–Kier alpha value is -1.10. The molecule has 0 spiro atoms. The van der Waals surface area contributed by atoms with Crippen molar-refractivity contribution in [3.05, 3.63) is 35.4 Å². The Balaban J connectivity index is 0.00000220. The molecule has 2 N–H and O–H groups in total. The van der Waals surface area contributed by atoms with Gasteiger partial charge in [0.2, 0.25) is 0 Å². The van der Waals surface area contributed by atoms with Crippen LogP contribution in [-0.2, 0) is 27.2 Å². The van der Waals surface area contributed by atoms with E-state index in [-0.39, 0.29) is 24.5 Å². The predicted molar refractivity (Wildman–Crippen MR) is 84.4 cm³/mol. The number of hydrogen-bond acceptors (Lipinski definition) is 4. The second kappa shape index (κ2) is 7.78. The van der Waals surface area contributed by atoms with Crippen molar-refractivity contribution >= 4 is 18.4 Å². The molecule has 0 amide bonds. The molecule has 1 aliphatic heterocycles. The van der Waals surface area contributed by atoms with Crippen molar-refractivity contribution in [1.29, 1.82) is 0 Å². The minimum Gasteiger partial charge on any atom is -0.461 e. The summed E-state index contributed by atoms with van der Waals surface area (Å²) >= 11 is 0. The molecule has 1 saturated heterocycles. The minimum absolute atomic E-state index is 0. The van der Waals surface area contributed by atoms with Gasteiger partial charge in [0.25, 0.3) is 0 Å². The Morgan fingerprint density at radius 3 is 2.71 bits per heavy atom. The number of halogens is 1. The molecule has 4 nitrogen and oxygen atoms in total. The van der Waals surface area contributed by atoms with Gasteiger partial charge in [-0.05, 0) is 37.8 Å². The maximum atomic E-state index is 12.4. The molecule has 1 heterocycles. The summed E-state index contributed by atoms with van der Waals surface area (Å²) in [6, 6.07) is 7.99. The maximum Gasteiger partial charge on any atom is 0.339 e. The van der Waals surface area contributed by atoms with Gasteiger partial charge in [-0.15, -0.1) is 12.4 Å². The van der Waals surface area contributed by atoms with Gasteiger partial charge in [-0.25, -0.2) is 4.79 Å². The zero-order valence-electron chi connectivity index (χ0n) is 12.6. The lowest BCUT2D eigenvalue weighted by Gasteiger charge is -2.27. The molecule has 21 heavy (non-hydrogen) atoms. The maximum absolute atomic E-state index is 12.4. The summed E-state index contributed by atoms with van der Waals surface area (Å²) < 4.78 is 11.2. The first-order chi connectivity index (χ1) is 9.55. The third-order valence-corrected chi connectivity index (χ3v) is 3.53. The summed E-state index contributed by atoms with van der Waals surface area (Å²) in [6.07, 6.45) is 2.03. The number of rotatable bonds is 5. The van der Waals surface area contributed by atoms with Gasteiger partial charge in [0.15, 0.2) is 5.60 Å². The van der Waals surface area contributed by atoms with E-state index in [0.29, 0.717) is 26.0 Å². The van der Waals surface area contributed by atoms with Crippen LogP contribution < -0.4 is 5.73 Å². The summed E-state index contributed by atoms with van der Waals surface area (Å²) in [5, 5.41) is 0. The topological polar surface area (TPSA) is 61.5 Å². The van der Waals surface area contributed by atoms with Crippen molar-refractivity contribution in [2.75, 3.05) is 6.61 Å². The van der Waals surface area contributed by atoms with Crippen LogP contribution in [0.25, 0.3) is 0 Å². The molecule has 0 radical (unpaired) electrons. The van der Waals surface area contributed by atoms with Crippen molar-refractivity contribution in [2.24, 2.45) is 5.73 Å². The fourth-order valence-corrected chi connectivity index (χ4v) is 2.59. The van der Waals surface area contributed by atoms with E-state index in [9.17, 15) is 4.79 Å². The van der Waals surface area contributed by atoms with E-state index in [2.05, 4.69) is 0 Å². The van der Waals surface area contributed by atoms with E-state index in [0.717, 1.165) is 17.5 Å². The summed E-state index contributed by atoms with van der Waals surface area (Å²) in [5.41, 5.74) is 6.97. The molecule has 1 fully saturated rings. The van der Waals surface area contributed by atoms with Crippen LogP contribution >= 0.6 is 12.4 Å². The zero-order valence-corrected chi connectivity index (χ0v) is 13.4. The van der Waals surface area contributed by atoms with E-state index >= 15 is 0 Å². The molecular formula is C16H24ClNO3. The quantitative estimate of drug-likeness (QED) is 0.849. The van der Waals surface area contributed by atoms with Crippen LogP contribution in [0.5, 0.6) is 0 Å². The first kappa shape index (κ1) is 18.0. The number of ether oxygens (including phenoxy) is 2. The van der Waals surface area contributed by atoms with Crippen molar-refractivity contribution in [3.63, 3.8) is 0 Å². The third-order valence-electron chi connectivity index (χ3n) is 3.53. The molecule has 0 aromatic heterocycles. The van der Waals surface area contributed by atoms with E-state index in [1.165, 1.54) is 0 Å². The van der Waals surface area contributed by atoms with E-state index < -0.39 is 5.60 Å². The number of carbonyl (C=O) groups excluding carboxylic acids is 1. The lowest BCUT2D eigenvalue weighted by Crippen LogP contribution is -2.42. The fourth-order valence-electron chi connectivity index (χ4n) is 2.59. The van der Waals surface area contributed by atoms with E-state index in [1.807, 2.05) is 38.1 Å². The van der Waals surface area contributed by atoms with E-state index in [4.69, 9.17) is 15.2 Å². The van der Waals surface area contributed by atoms with Crippen LogP contribution in [0.15, 0.2) is 24.3 Å². The van der Waals surface area contributed by atoms with Crippen molar-refractivity contribution in [2.45, 2.75) is 51.4 Å². The van der Waals surface area contributed by atoms with Gasteiger partial charge in [-0.1, -0.05) is 24.3 Å². The Morgan fingerprint density at radius 2 is 2.14 bits per heavy atom. The summed E-state index contributed by atoms with van der Waals surface area (Å²) in [5.74, 6) is -0.247. The van der Waals surface area contributed by atoms with Crippen LogP contribution in [-0.4, -0.2) is 24.3 Å². The lowest BCUT2D eigenvalue weighted by molar-refractivity contribution is -0.171. The number of esters is 1. The molecule has 1 aliphatic rings. The highest BCUT2D eigenvalue weighted by molar-refractivity contribution is 5.85. The van der Waals surface area contributed by atoms with Crippen molar-refractivity contribution < 1.29 is 14.3 Å². The van der Waals surface area contributed by atoms with Gasteiger partial charge in [-0.3, -0.25) is 0 Å². The SMILES string of the molecule is CC(C)OC(=O)C1(Cc2cccc(CN)c2)CCCO1.Cl. The number of hydrogen-bond donors (Lipinski definition) is 1. The van der Waals surface area contributed by atoms with Gasteiger partial charge in [-0.2, -0.15) is 0 Å². The zero-order chi connectivity index (χ0) is 14.6. The van der Waals surface area contributed by atoms with Crippen LogP contribution in [0.2, 0.25) is 0 Å². The van der Waals surface area contributed by atoms with Gasteiger partial charge in [0.1, 0.15) is 0 Å². The summed E-state index contributed by atoms with van der Waals surface area (Å²) in [4.78, 5) is 12.4. The van der Waals surface area contributed by atoms with Crippen LogP contribution in [0, 0.1) is 0 Å². The molecular weight excluding hydrogens is 290 g/mol. The normalized spacial score (nSPS) is 21.1. The highest BCUT2D eigenvalue weighted by Gasteiger charge is 2.44. The Labute approximate surface area is 132 Å². The Kier molecular flexibility index (Phi) is 6.65. The molecule has 118 valence electrons. The van der Waals surface area contributed by atoms with Gasteiger partial charge in [0.05, 0.1) is 6.10 Å². The summed E-state index contributed by atoms with van der Waals surface area (Å²) in [6.45, 7) is 4.83. The first-order valence-corrected chi connectivity index (χ1v) is 7.19. The van der Waals surface area contributed by atoms with Crippen molar-refractivity contribution in [3.8, 4) is 0 Å². The average molecular weight is 314 g/mol. The second-order valence-electron chi connectivity index (χ2n) is 5.60. The standard InChI is InChI=1S/C16H23NO3.ClH/c1-12(2)20-15(18)16(7-4-8-19-16)10-13-5-3-6-14(9-13)11-17;/h3,5-6,9,12H,4,7-8,10-11,17H2,1-2H3;1H. The fraction of sp³-hybridized carbons (Fsp3) is 0.562. The second-order valence-corrected chi connectivity index (χ2v) is 5.60. The molecule has 2 rings (SSSR count). The Morgan fingerprint density at radius 1 is 1.43 bits per heavy atom. The molecule has 5 heteroatoms. The first-order valence-electron chi connectivity index (χ1n) is 7.19. The largest absolute Gasteiger partial charge is 0.461 e. The molecule has 1 unspecified atom stereocenters. The Bertz CT molecular complexity index is 470. The van der Waals surface area contributed by atoms with Crippen LogP contribution in [0.4, 0.5) is 0 Å². The predicted octanol–water partition coefficient (Wildman–Crippen LogP) is 2.61. The number of benzene rings is 1. The molecule has 0 bridgehead atoms. The van der Waals surface area contributed by atoms with Gasteiger partial charge >= 0.3 is 5.97 Å². The molecule has 0 saturated carbocycles. The highest BCUT2D eigenvalue weighted by atomic mass is 35.5. The lowest BCUT2D eigenvalue weighted by atomic mass is 9.91. The van der Waals surface area contributed by atoms with Gasteiger partial charge in [0, 0.05) is 19.6 Å². The van der Waals surface area contributed by atoms with Crippen LogP contribution in [0.1, 0.15) is 37.8 Å². The molecule has 1 aromatic carbocycles. The van der Waals surface area contributed by atoms with Crippen molar-refractivity contribution in [1.82, 2.24) is 0 Å². The van der Waals surface area contributed by atoms with Gasteiger partial charge < -0.3 is 15.2 Å². The minimum atomic E-state index is -0.822. The molecule has 0 aliphatic carbocycles. The highest BCUT2D eigenvalue weighted by Crippen LogP contribution is 2.31. The number of nitrogens with two attached hydrogens (primary N) is 1. The number of carbonyl (C=O) groups is 1. The monoisotopic (exact) mass is 313 g/mol. The summed E-state index contributed by atoms with van der Waals surface area (Å²) in [7, 11) is 0. The smallest absolute Gasteiger partial charge is 0.339 e. The molecule has 1 atom stereocenters. The average Bonchev–Trinajstić information content (AvgIpc) is 2.88. The third kappa shape index (κ3) is 4.43. The van der Waals surface area contributed by atoms with E-state index in [1.54, 1.807) is 0 Å². The molecule has 1 aromatic rings.